The minimum absolute atomic E-state index is 0.194. The number of fused-ring (bicyclic) bond motifs is 1. The van der Waals surface area contributed by atoms with Crippen LogP contribution in [0.5, 0.6) is 0 Å². The fourth-order valence-electron chi connectivity index (χ4n) is 2.98. The number of nitrogens with zero attached hydrogens (tertiary/aromatic N) is 3. The van der Waals surface area contributed by atoms with Gasteiger partial charge in [-0.1, -0.05) is 6.92 Å². The molecule has 132 valence electrons. The second-order valence-corrected chi connectivity index (χ2v) is 6.13. The molecule has 0 spiro atoms. The first-order valence-corrected chi connectivity index (χ1v) is 8.75. The van der Waals surface area contributed by atoms with Gasteiger partial charge in [-0.2, -0.15) is 0 Å². The molecule has 0 bridgehead atoms. The van der Waals surface area contributed by atoms with Crippen LogP contribution in [0.1, 0.15) is 58.6 Å². The summed E-state index contributed by atoms with van der Waals surface area (Å²) in [7, 11) is 0. The molecule has 3 heterocycles. The largest absolute Gasteiger partial charge is 0.351 e. The molecule has 0 aliphatic carbocycles. The predicted octanol–water partition coefficient (Wildman–Crippen LogP) is 1.68. The van der Waals surface area contributed by atoms with Crippen molar-refractivity contribution in [3.8, 4) is 0 Å². The van der Waals surface area contributed by atoms with Gasteiger partial charge >= 0.3 is 0 Å². The molecule has 2 aromatic rings. The van der Waals surface area contributed by atoms with Gasteiger partial charge in [-0.05, 0) is 43.4 Å². The topological polar surface area (TPSA) is 88.9 Å². The Morgan fingerprint density at radius 2 is 1.96 bits per heavy atom. The highest BCUT2D eigenvalue weighted by Gasteiger charge is 2.27. The van der Waals surface area contributed by atoms with E-state index in [0.717, 1.165) is 43.5 Å². The van der Waals surface area contributed by atoms with Gasteiger partial charge in [-0.15, -0.1) is 0 Å². The van der Waals surface area contributed by atoms with E-state index < -0.39 is 0 Å². The summed E-state index contributed by atoms with van der Waals surface area (Å²) in [6.07, 6.45) is 7.02. The second-order valence-electron chi connectivity index (χ2n) is 6.13. The number of aromatic nitrogens is 3. The molecule has 3 rings (SSSR count). The predicted molar refractivity (Wildman–Crippen MR) is 93.2 cm³/mol. The van der Waals surface area contributed by atoms with Gasteiger partial charge in [0.1, 0.15) is 5.69 Å². The highest BCUT2D eigenvalue weighted by Crippen LogP contribution is 2.21. The van der Waals surface area contributed by atoms with Gasteiger partial charge < -0.3 is 15.2 Å². The van der Waals surface area contributed by atoms with E-state index in [-0.39, 0.29) is 11.8 Å². The van der Waals surface area contributed by atoms with Gasteiger partial charge in [-0.3, -0.25) is 14.6 Å². The number of amides is 2. The van der Waals surface area contributed by atoms with E-state index in [1.165, 1.54) is 0 Å². The van der Waals surface area contributed by atoms with Crippen molar-refractivity contribution in [3.05, 3.63) is 47.3 Å². The van der Waals surface area contributed by atoms with E-state index in [1.807, 2.05) is 23.6 Å². The Kier molecular flexibility index (Phi) is 5.42. The molecule has 2 amide bonds. The Bertz CT molecular complexity index is 754. The van der Waals surface area contributed by atoms with E-state index in [9.17, 15) is 9.59 Å². The van der Waals surface area contributed by atoms with Gasteiger partial charge in [0, 0.05) is 32.0 Å². The Labute approximate surface area is 146 Å². The van der Waals surface area contributed by atoms with Gasteiger partial charge in [0.05, 0.1) is 5.69 Å². The maximum Gasteiger partial charge on any atom is 0.287 e. The molecular formula is C18H23N5O2. The van der Waals surface area contributed by atoms with Crippen LogP contribution in [-0.4, -0.2) is 32.9 Å². The molecule has 0 atom stereocenters. The lowest BCUT2D eigenvalue weighted by atomic mass is 10.1. The quantitative estimate of drug-likeness (QED) is 0.837. The Morgan fingerprint density at radius 1 is 1.16 bits per heavy atom. The summed E-state index contributed by atoms with van der Waals surface area (Å²) in [6, 6.07) is 3.70. The van der Waals surface area contributed by atoms with Crippen molar-refractivity contribution in [1.82, 2.24) is 25.2 Å². The molecule has 0 radical (unpaired) electrons. The highest BCUT2D eigenvalue weighted by molar-refractivity contribution is 5.97. The van der Waals surface area contributed by atoms with E-state index in [1.54, 1.807) is 12.4 Å². The number of hydrogen-bond acceptors (Lipinski definition) is 4. The number of carbonyl (C=O) groups excluding carboxylic acids is 2. The summed E-state index contributed by atoms with van der Waals surface area (Å²) >= 11 is 0. The zero-order valence-electron chi connectivity index (χ0n) is 14.4. The molecule has 1 aliphatic rings. The molecule has 0 aromatic carbocycles. The van der Waals surface area contributed by atoms with E-state index in [4.69, 9.17) is 0 Å². The van der Waals surface area contributed by atoms with E-state index in [2.05, 4.69) is 20.6 Å². The maximum atomic E-state index is 12.6. The molecule has 0 unspecified atom stereocenters. The van der Waals surface area contributed by atoms with Gasteiger partial charge in [0.2, 0.25) is 0 Å². The number of imidazole rings is 1. The molecule has 7 nitrogen and oxygen atoms in total. The van der Waals surface area contributed by atoms with E-state index >= 15 is 0 Å². The number of hydrogen-bond donors (Lipinski definition) is 2. The number of pyridine rings is 1. The first kappa shape index (κ1) is 17.1. The summed E-state index contributed by atoms with van der Waals surface area (Å²) < 4.78 is 1.90. The number of nitrogens with one attached hydrogen (secondary N) is 2. The monoisotopic (exact) mass is 341 g/mol. The summed E-state index contributed by atoms with van der Waals surface area (Å²) in [4.78, 5) is 33.3. The molecular weight excluding hydrogens is 318 g/mol. The standard InChI is InChI=1S/C18H23N5O2/c1-2-8-20-17(24)15-14-5-3-4-11-23(14)16(22-15)18(25)21-12-13-6-9-19-10-7-13/h6-7,9-10H,2-5,8,11-12H2,1H3,(H,20,24)(H,21,25). The Balaban J connectivity index is 1.79. The third-order valence-electron chi connectivity index (χ3n) is 4.27. The average Bonchev–Trinajstić information content (AvgIpc) is 3.05. The average molecular weight is 341 g/mol. The van der Waals surface area contributed by atoms with Gasteiger partial charge in [0.25, 0.3) is 11.8 Å². The normalized spacial score (nSPS) is 13.2. The molecule has 2 N–H and O–H groups in total. The summed E-state index contributed by atoms with van der Waals surface area (Å²) in [5.41, 5.74) is 2.23. The van der Waals surface area contributed by atoms with Crippen LogP contribution < -0.4 is 10.6 Å². The van der Waals surface area contributed by atoms with Crippen molar-refractivity contribution in [2.24, 2.45) is 0 Å². The Morgan fingerprint density at radius 3 is 2.72 bits per heavy atom. The van der Waals surface area contributed by atoms with Crippen molar-refractivity contribution < 1.29 is 9.59 Å². The molecule has 0 fully saturated rings. The number of rotatable bonds is 6. The van der Waals surface area contributed by atoms with Crippen LogP contribution in [-0.2, 0) is 19.5 Å². The lowest BCUT2D eigenvalue weighted by molar-refractivity contribution is 0.0935. The fraction of sp³-hybridized carbons (Fsp3) is 0.444. The van der Waals surface area contributed by atoms with Crippen LogP contribution in [0.3, 0.4) is 0 Å². The highest BCUT2D eigenvalue weighted by atomic mass is 16.2. The van der Waals surface area contributed by atoms with E-state index in [0.29, 0.717) is 24.6 Å². The van der Waals surface area contributed by atoms with Crippen molar-refractivity contribution in [2.75, 3.05) is 6.54 Å². The molecule has 1 aliphatic heterocycles. The Hall–Kier alpha value is -2.70. The SMILES string of the molecule is CCCNC(=O)c1nc(C(=O)NCc2ccncc2)n2c1CCCC2. The zero-order chi connectivity index (χ0) is 17.6. The molecule has 7 heteroatoms. The van der Waals surface area contributed by atoms with Crippen molar-refractivity contribution in [3.63, 3.8) is 0 Å². The van der Waals surface area contributed by atoms with Crippen LogP contribution in [0.15, 0.2) is 24.5 Å². The lowest BCUT2D eigenvalue weighted by Gasteiger charge is -2.17. The molecule has 0 saturated heterocycles. The van der Waals surface area contributed by atoms with Crippen LogP contribution in [0.4, 0.5) is 0 Å². The van der Waals surface area contributed by atoms with Crippen LogP contribution in [0, 0.1) is 0 Å². The zero-order valence-corrected chi connectivity index (χ0v) is 14.4. The van der Waals surface area contributed by atoms with Crippen LogP contribution in [0.2, 0.25) is 0 Å². The minimum Gasteiger partial charge on any atom is -0.351 e. The van der Waals surface area contributed by atoms with Crippen LogP contribution >= 0.6 is 0 Å². The van der Waals surface area contributed by atoms with Crippen molar-refractivity contribution in [2.45, 2.75) is 45.7 Å². The summed E-state index contributed by atoms with van der Waals surface area (Å²) in [5.74, 6) is -0.124. The lowest BCUT2D eigenvalue weighted by Crippen LogP contribution is -2.27. The third kappa shape index (κ3) is 3.87. The maximum absolute atomic E-state index is 12.6. The smallest absolute Gasteiger partial charge is 0.287 e. The minimum atomic E-state index is -0.255. The summed E-state index contributed by atoms with van der Waals surface area (Å²) in [6.45, 7) is 3.73. The number of carbonyl (C=O) groups is 2. The van der Waals surface area contributed by atoms with Crippen molar-refractivity contribution >= 4 is 11.8 Å². The third-order valence-corrected chi connectivity index (χ3v) is 4.27. The van der Waals surface area contributed by atoms with Gasteiger partial charge in [0.15, 0.2) is 5.82 Å². The first-order valence-electron chi connectivity index (χ1n) is 8.75. The molecule has 2 aromatic heterocycles. The van der Waals surface area contributed by atoms with Crippen molar-refractivity contribution in [1.29, 1.82) is 0 Å². The second kappa shape index (κ2) is 7.92. The fourth-order valence-corrected chi connectivity index (χ4v) is 2.98. The van der Waals surface area contributed by atoms with Gasteiger partial charge in [-0.25, -0.2) is 4.98 Å². The first-order chi connectivity index (χ1) is 12.2. The molecule has 0 saturated carbocycles. The van der Waals surface area contributed by atoms with Crippen LogP contribution in [0.25, 0.3) is 0 Å². The molecule has 25 heavy (non-hydrogen) atoms. The summed E-state index contributed by atoms with van der Waals surface area (Å²) in [5, 5.41) is 5.73.